The van der Waals surface area contributed by atoms with Crippen LogP contribution >= 0.6 is 27.5 Å². The number of halogens is 3. The van der Waals surface area contributed by atoms with Crippen molar-refractivity contribution in [3.8, 4) is 0 Å². The highest BCUT2D eigenvalue weighted by atomic mass is 79.9. The lowest BCUT2D eigenvalue weighted by Gasteiger charge is -2.12. The summed E-state index contributed by atoms with van der Waals surface area (Å²) in [4.78, 5) is 3.91. The molecule has 0 amide bonds. The summed E-state index contributed by atoms with van der Waals surface area (Å²) in [5.74, 6) is -0.312. The predicted octanol–water partition coefficient (Wildman–Crippen LogP) is 3.91. The molecule has 1 heterocycles. The quantitative estimate of drug-likeness (QED) is 0.866. The van der Waals surface area contributed by atoms with Crippen LogP contribution in [0.1, 0.15) is 17.2 Å². The Morgan fingerprint density at radius 1 is 1.33 bits per heavy atom. The Morgan fingerprint density at radius 3 is 2.72 bits per heavy atom. The van der Waals surface area contributed by atoms with Crippen LogP contribution in [0.3, 0.4) is 0 Å². The smallest absolute Gasteiger partial charge is 0.129 e. The molecule has 1 aromatic heterocycles. The van der Waals surface area contributed by atoms with Crippen molar-refractivity contribution < 1.29 is 9.50 Å². The third-order valence-corrected chi connectivity index (χ3v) is 3.53. The SMILES string of the molecule is OC(Cc1ccc(F)cc1Br)c1ccc(Cl)nc1. The summed E-state index contributed by atoms with van der Waals surface area (Å²) in [5, 5.41) is 10.4. The van der Waals surface area contributed by atoms with E-state index in [4.69, 9.17) is 11.6 Å². The van der Waals surface area contributed by atoms with Crippen LogP contribution in [-0.4, -0.2) is 10.1 Å². The van der Waals surface area contributed by atoms with Gasteiger partial charge in [-0.25, -0.2) is 9.37 Å². The topological polar surface area (TPSA) is 33.1 Å². The largest absolute Gasteiger partial charge is 0.388 e. The highest BCUT2D eigenvalue weighted by Crippen LogP contribution is 2.24. The van der Waals surface area contributed by atoms with Crippen LogP contribution in [0.15, 0.2) is 41.0 Å². The van der Waals surface area contributed by atoms with Crippen molar-refractivity contribution in [1.29, 1.82) is 0 Å². The molecule has 1 atom stereocenters. The Morgan fingerprint density at radius 2 is 2.11 bits per heavy atom. The van der Waals surface area contributed by atoms with Crippen LogP contribution in [0.25, 0.3) is 0 Å². The average Bonchev–Trinajstić information content (AvgIpc) is 2.33. The number of aliphatic hydroxyl groups is 1. The fraction of sp³-hybridized carbons (Fsp3) is 0.154. The standard InChI is InChI=1S/C13H10BrClFNO/c14-11-6-10(16)3-1-8(11)5-12(18)9-2-4-13(15)17-7-9/h1-4,6-7,12,18H,5H2. The second kappa shape index (κ2) is 5.78. The molecule has 1 N–H and O–H groups in total. The molecule has 0 aliphatic rings. The number of pyridine rings is 1. The van der Waals surface area contributed by atoms with Crippen molar-refractivity contribution in [3.63, 3.8) is 0 Å². The molecule has 0 spiro atoms. The Balaban J connectivity index is 2.15. The number of aromatic nitrogens is 1. The predicted molar refractivity (Wildman–Crippen MR) is 72.0 cm³/mol. The molecule has 0 bridgehead atoms. The molecule has 1 aromatic carbocycles. The van der Waals surface area contributed by atoms with Crippen molar-refractivity contribution in [3.05, 3.63) is 63.1 Å². The number of benzene rings is 1. The van der Waals surface area contributed by atoms with E-state index in [0.717, 1.165) is 5.56 Å². The van der Waals surface area contributed by atoms with Crippen LogP contribution < -0.4 is 0 Å². The first-order valence-corrected chi connectivity index (χ1v) is 6.47. The maximum atomic E-state index is 12.9. The van der Waals surface area contributed by atoms with E-state index in [1.165, 1.54) is 18.3 Å². The van der Waals surface area contributed by atoms with E-state index in [-0.39, 0.29) is 5.82 Å². The van der Waals surface area contributed by atoms with Gasteiger partial charge in [0.15, 0.2) is 0 Å². The van der Waals surface area contributed by atoms with Crippen molar-refractivity contribution in [2.24, 2.45) is 0 Å². The zero-order chi connectivity index (χ0) is 13.1. The molecule has 0 aliphatic heterocycles. The van der Waals surface area contributed by atoms with Crippen molar-refractivity contribution in [2.75, 3.05) is 0 Å². The van der Waals surface area contributed by atoms with Gasteiger partial charge >= 0.3 is 0 Å². The first-order chi connectivity index (χ1) is 8.56. The monoisotopic (exact) mass is 329 g/mol. The van der Waals surface area contributed by atoms with Gasteiger partial charge in [0.1, 0.15) is 11.0 Å². The van der Waals surface area contributed by atoms with E-state index in [0.29, 0.717) is 21.6 Å². The second-order valence-electron chi connectivity index (χ2n) is 3.87. The molecule has 5 heteroatoms. The van der Waals surface area contributed by atoms with E-state index in [1.807, 2.05) is 0 Å². The number of rotatable bonds is 3. The lowest BCUT2D eigenvalue weighted by Crippen LogP contribution is -2.03. The summed E-state index contributed by atoms with van der Waals surface area (Å²) >= 11 is 8.95. The van der Waals surface area contributed by atoms with Crippen molar-refractivity contribution in [2.45, 2.75) is 12.5 Å². The fourth-order valence-electron chi connectivity index (χ4n) is 1.60. The summed E-state index contributed by atoms with van der Waals surface area (Å²) in [5.41, 5.74) is 1.51. The minimum atomic E-state index is -0.698. The molecule has 0 aliphatic carbocycles. The van der Waals surface area contributed by atoms with Gasteiger partial charge in [-0.15, -0.1) is 0 Å². The maximum Gasteiger partial charge on any atom is 0.129 e. The van der Waals surface area contributed by atoms with Crippen molar-refractivity contribution in [1.82, 2.24) is 4.98 Å². The van der Waals surface area contributed by atoms with Gasteiger partial charge in [-0.3, -0.25) is 0 Å². The molecular formula is C13H10BrClFNO. The molecule has 2 rings (SSSR count). The van der Waals surface area contributed by atoms with Crippen LogP contribution in [-0.2, 0) is 6.42 Å². The van der Waals surface area contributed by atoms with Gasteiger partial charge in [0.2, 0.25) is 0 Å². The molecule has 0 fully saturated rings. The van der Waals surface area contributed by atoms with Gasteiger partial charge in [0.25, 0.3) is 0 Å². The minimum Gasteiger partial charge on any atom is -0.388 e. The third kappa shape index (κ3) is 3.28. The van der Waals surface area contributed by atoms with Crippen LogP contribution in [0.4, 0.5) is 4.39 Å². The first-order valence-electron chi connectivity index (χ1n) is 5.29. The molecule has 0 saturated carbocycles. The van der Waals surface area contributed by atoms with E-state index in [2.05, 4.69) is 20.9 Å². The first kappa shape index (κ1) is 13.5. The van der Waals surface area contributed by atoms with Gasteiger partial charge in [0, 0.05) is 17.1 Å². The Hall–Kier alpha value is -0.970. The Bertz CT molecular complexity index is 547. The van der Waals surface area contributed by atoms with Gasteiger partial charge in [-0.2, -0.15) is 0 Å². The molecule has 2 nitrogen and oxygen atoms in total. The normalized spacial score (nSPS) is 12.4. The van der Waals surface area contributed by atoms with E-state index in [9.17, 15) is 9.50 Å². The maximum absolute atomic E-state index is 12.9. The lowest BCUT2D eigenvalue weighted by atomic mass is 10.0. The van der Waals surface area contributed by atoms with E-state index < -0.39 is 6.10 Å². The third-order valence-electron chi connectivity index (χ3n) is 2.56. The minimum absolute atomic E-state index is 0.312. The molecular weight excluding hydrogens is 321 g/mol. The number of hydrogen-bond donors (Lipinski definition) is 1. The number of hydrogen-bond acceptors (Lipinski definition) is 2. The Kier molecular flexibility index (Phi) is 4.32. The summed E-state index contributed by atoms with van der Waals surface area (Å²) in [6.45, 7) is 0. The van der Waals surface area contributed by atoms with Gasteiger partial charge in [-0.1, -0.05) is 39.7 Å². The molecule has 1 unspecified atom stereocenters. The van der Waals surface area contributed by atoms with Crippen LogP contribution in [0.5, 0.6) is 0 Å². The Labute approximate surface area is 118 Å². The zero-order valence-electron chi connectivity index (χ0n) is 9.28. The second-order valence-corrected chi connectivity index (χ2v) is 5.11. The van der Waals surface area contributed by atoms with E-state index in [1.54, 1.807) is 18.2 Å². The molecule has 0 saturated heterocycles. The zero-order valence-corrected chi connectivity index (χ0v) is 11.6. The fourth-order valence-corrected chi connectivity index (χ4v) is 2.22. The van der Waals surface area contributed by atoms with Gasteiger partial charge < -0.3 is 5.11 Å². The molecule has 2 aromatic rings. The summed E-state index contributed by atoms with van der Waals surface area (Å²) < 4.78 is 13.6. The lowest BCUT2D eigenvalue weighted by molar-refractivity contribution is 0.178. The number of nitrogens with zero attached hydrogens (tertiary/aromatic N) is 1. The van der Waals surface area contributed by atoms with Gasteiger partial charge in [0.05, 0.1) is 6.10 Å². The number of aliphatic hydroxyl groups excluding tert-OH is 1. The van der Waals surface area contributed by atoms with E-state index >= 15 is 0 Å². The average molecular weight is 331 g/mol. The summed E-state index contributed by atoms with van der Waals surface area (Å²) in [7, 11) is 0. The highest BCUT2D eigenvalue weighted by molar-refractivity contribution is 9.10. The van der Waals surface area contributed by atoms with Gasteiger partial charge in [-0.05, 0) is 29.3 Å². The summed E-state index contributed by atoms with van der Waals surface area (Å²) in [6.07, 6.45) is 1.21. The van der Waals surface area contributed by atoms with Crippen LogP contribution in [0, 0.1) is 5.82 Å². The molecule has 18 heavy (non-hydrogen) atoms. The summed E-state index contributed by atoms with van der Waals surface area (Å²) in [6, 6.07) is 7.73. The molecule has 94 valence electrons. The van der Waals surface area contributed by atoms with Crippen molar-refractivity contribution >= 4 is 27.5 Å². The van der Waals surface area contributed by atoms with Crippen LogP contribution in [0.2, 0.25) is 5.15 Å². The molecule has 0 radical (unpaired) electrons. The highest BCUT2D eigenvalue weighted by Gasteiger charge is 2.11.